The van der Waals surface area contributed by atoms with Crippen molar-refractivity contribution in [3.05, 3.63) is 58.1 Å². The predicted molar refractivity (Wildman–Crippen MR) is 68.2 cm³/mol. The lowest BCUT2D eigenvalue weighted by atomic mass is 9.84. The number of fused-ring (bicyclic) bond motifs is 3. The molecule has 0 aromatic heterocycles. The SMILES string of the molecule is O=C1C(=O)c2cccc(Br)c2-c2ccccc21. The van der Waals surface area contributed by atoms with E-state index in [2.05, 4.69) is 15.9 Å². The average Bonchev–Trinajstić information content (AvgIpc) is 2.36. The van der Waals surface area contributed by atoms with Crippen LogP contribution in [-0.2, 0) is 0 Å². The Morgan fingerprint density at radius 3 is 2.06 bits per heavy atom. The van der Waals surface area contributed by atoms with E-state index in [9.17, 15) is 9.59 Å². The largest absolute Gasteiger partial charge is 0.285 e. The molecule has 2 nitrogen and oxygen atoms in total. The van der Waals surface area contributed by atoms with Crippen LogP contribution in [0.25, 0.3) is 11.1 Å². The third kappa shape index (κ3) is 1.39. The number of ketones is 2. The fraction of sp³-hybridized carbons (Fsp3) is 0. The lowest BCUT2D eigenvalue weighted by Gasteiger charge is -2.18. The standard InChI is InChI=1S/C14H7BrO2/c15-11-7-3-6-10-12(11)8-4-1-2-5-9(8)13(16)14(10)17/h1-7H. The Balaban J connectivity index is 2.45. The van der Waals surface area contributed by atoms with Gasteiger partial charge in [-0.2, -0.15) is 0 Å². The maximum Gasteiger partial charge on any atom is 0.234 e. The van der Waals surface area contributed by atoms with Gasteiger partial charge in [-0.25, -0.2) is 0 Å². The predicted octanol–water partition coefficient (Wildman–Crippen LogP) is 3.50. The second kappa shape index (κ2) is 3.64. The van der Waals surface area contributed by atoms with Gasteiger partial charge in [-0.15, -0.1) is 0 Å². The molecule has 3 heteroatoms. The number of benzene rings is 2. The van der Waals surface area contributed by atoms with Gasteiger partial charge in [-0.05, 0) is 11.6 Å². The van der Waals surface area contributed by atoms with E-state index in [0.29, 0.717) is 11.1 Å². The van der Waals surface area contributed by atoms with E-state index >= 15 is 0 Å². The zero-order valence-corrected chi connectivity index (χ0v) is 10.3. The molecule has 17 heavy (non-hydrogen) atoms. The molecule has 0 atom stereocenters. The fourth-order valence-electron chi connectivity index (χ4n) is 2.13. The molecule has 0 amide bonds. The van der Waals surface area contributed by atoms with Crippen LogP contribution in [0.5, 0.6) is 0 Å². The molecule has 0 N–H and O–H groups in total. The molecule has 0 fully saturated rings. The summed E-state index contributed by atoms with van der Waals surface area (Å²) < 4.78 is 0.836. The van der Waals surface area contributed by atoms with Crippen molar-refractivity contribution in [3.8, 4) is 11.1 Å². The van der Waals surface area contributed by atoms with Gasteiger partial charge in [0.25, 0.3) is 0 Å². The van der Waals surface area contributed by atoms with Gasteiger partial charge in [0.15, 0.2) is 0 Å². The van der Waals surface area contributed by atoms with Gasteiger partial charge in [0, 0.05) is 21.2 Å². The first-order chi connectivity index (χ1) is 8.20. The molecule has 0 aliphatic heterocycles. The number of hydrogen-bond donors (Lipinski definition) is 0. The van der Waals surface area contributed by atoms with E-state index in [4.69, 9.17) is 0 Å². The van der Waals surface area contributed by atoms with Crippen LogP contribution in [0.1, 0.15) is 20.7 Å². The molecule has 2 aromatic rings. The summed E-state index contributed by atoms with van der Waals surface area (Å²) in [6.45, 7) is 0. The summed E-state index contributed by atoms with van der Waals surface area (Å²) in [4.78, 5) is 23.9. The van der Waals surface area contributed by atoms with E-state index in [0.717, 1.165) is 15.6 Å². The van der Waals surface area contributed by atoms with Crippen LogP contribution in [0, 0.1) is 0 Å². The molecule has 0 unspecified atom stereocenters. The topological polar surface area (TPSA) is 34.1 Å². The molecule has 0 saturated heterocycles. The van der Waals surface area contributed by atoms with Crippen molar-refractivity contribution in [2.75, 3.05) is 0 Å². The van der Waals surface area contributed by atoms with Crippen LogP contribution >= 0.6 is 15.9 Å². The van der Waals surface area contributed by atoms with Crippen LogP contribution in [-0.4, -0.2) is 11.6 Å². The molecule has 2 aromatic carbocycles. The van der Waals surface area contributed by atoms with Crippen molar-refractivity contribution >= 4 is 27.5 Å². The molecule has 82 valence electrons. The second-order valence-electron chi connectivity index (χ2n) is 3.87. The van der Waals surface area contributed by atoms with E-state index in [1.807, 2.05) is 18.2 Å². The number of carbonyl (C=O) groups excluding carboxylic acids is 2. The lowest BCUT2D eigenvalue weighted by Crippen LogP contribution is -2.21. The van der Waals surface area contributed by atoms with Crippen LogP contribution in [0.3, 0.4) is 0 Å². The van der Waals surface area contributed by atoms with Gasteiger partial charge < -0.3 is 0 Å². The molecular weight excluding hydrogens is 280 g/mol. The van der Waals surface area contributed by atoms with Gasteiger partial charge in [0.2, 0.25) is 11.6 Å². The van der Waals surface area contributed by atoms with E-state index in [1.54, 1.807) is 24.3 Å². The first-order valence-electron chi connectivity index (χ1n) is 5.17. The quantitative estimate of drug-likeness (QED) is 0.695. The number of halogens is 1. The Hall–Kier alpha value is -1.74. The molecule has 0 spiro atoms. The van der Waals surface area contributed by atoms with Gasteiger partial charge in [0.05, 0.1) is 0 Å². The number of hydrogen-bond acceptors (Lipinski definition) is 2. The van der Waals surface area contributed by atoms with Crippen molar-refractivity contribution in [2.24, 2.45) is 0 Å². The molecular formula is C14H7BrO2. The summed E-state index contributed by atoms with van der Waals surface area (Å²) in [6.07, 6.45) is 0. The highest BCUT2D eigenvalue weighted by Crippen LogP contribution is 2.38. The summed E-state index contributed by atoms with van der Waals surface area (Å²) in [5, 5.41) is 0. The van der Waals surface area contributed by atoms with E-state index < -0.39 is 11.6 Å². The molecule has 1 aliphatic rings. The maximum absolute atomic E-state index is 12.0. The number of Topliss-reactive ketones (excluding diaryl/α,β-unsaturated/α-hetero) is 2. The van der Waals surface area contributed by atoms with Crippen LogP contribution in [0.15, 0.2) is 46.9 Å². The molecule has 0 saturated carbocycles. The minimum atomic E-state index is -0.431. The highest BCUT2D eigenvalue weighted by Gasteiger charge is 2.30. The maximum atomic E-state index is 12.0. The number of carbonyl (C=O) groups is 2. The zero-order valence-electron chi connectivity index (χ0n) is 8.74. The first-order valence-corrected chi connectivity index (χ1v) is 5.96. The Morgan fingerprint density at radius 2 is 1.29 bits per heavy atom. The van der Waals surface area contributed by atoms with Crippen LogP contribution in [0.2, 0.25) is 0 Å². The fourth-order valence-corrected chi connectivity index (χ4v) is 2.71. The highest BCUT2D eigenvalue weighted by molar-refractivity contribution is 9.10. The summed E-state index contributed by atoms with van der Waals surface area (Å²) in [5.74, 6) is -0.855. The monoisotopic (exact) mass is 286 g/mol. The Kier molecular flexibility index (Phi) is 2.23. The Morgan fingerprint density at radius 1 is 0.706 bits per heavy atom. The smallest absolute Gasteiger partial charge is 0.234 e. The Labute approximate surface area is 106 Å². The second-order valence-corrected chi connectivity index (χ2v) is 4.72. The van der Waals surface area contributed by atoms with Gasteiger partial charge in [-0.1, -0.05) is 52.3 Å². The molecule has 0 heterocycles. The minimum Gasteiger partial charge on any atom is -0.285 e. The highest BCUT2D eigenvalue weighted by atomic mass is 79.9. The molecule has 0 bridgehead atoms. The van der Waals surface area contributed by atoms with Crippen molar-refractivity contribution < 1.29 is 9.59 Å². The lowest BCUT2D eigenvalue weighted by molar-refractivity contribution is 0.0815. The van der Waals surface area contributed by atoms with Gasteiger partial charge >= 0.3 is 0 Å². The molecule has 1 aliphatic carbocycles. The summed E-state index contributed by atoms with van der Waals surface area (Å²) in [7, 11) is 0. The molecule has 0 radical (unpaired) electrons. The van der Waals surface area contributed by atoms with Gasteiger partial charge in [-0.3, -0.25) is 9.59 Å². The normalized spacial score (nSPS) is 13.2. The van der Waals surface area contributed by atoms with E-state index in [1.165, 1.54) is 0 Å². The van der Waals surface area contributed by atoms with Crippen molar-refractivity contribution in [2.45, 2.75) is 0 Å². The third-order valence-corrected chi connectivity index (χ3v) is 3.57. The summed E-state index contributed by atoms with van der Waals surface area (Å²) in [6, 6.07) is 12.5. The van der Waals surface area contributed by atoms with Crippen LogP contribution in [0.4, 0.5) is 0 Å². The third-order valence-electron chi connectivity index (χ3n) is 2.91. The van der Waals surface area contributed by atoms with Gasteiger partial charge in [0.1, 0.15) is 0 Å². The minimum absolute atomic E-state index is 0.425. The first kappa shape index (κ1) is 10.4. The van der Waals surface area contributed by atoms with Crippen LogP contribution < -0.4 is 0 Å². The summed E-state index contributed by atoms with van der Waals surface area (Å²) >= 11 is 3.44. The number of rotatable bonds is 0. The molecule has 3 rings (SSSR count). The van der Waals surface area contributed by atoms with E-state index in [-0.39, 0.29) is 0 Å². The summed E-state index contributed by atoms with van der Waals surface area (Å²) in [5.41, 5.74) is 2.59. The average molecular weight is 287 g/mol. The van der Waals surface area contributed by atoms with Crippen molar-refractivity contribution in [1.29, 1.82) is 0 Å². The zero-order chi connectivity index (χ0) is 12.0. The van der Waals surface area contributed by atoms with Crippen molar-refractivity contribution in [3.63, 3.8) is 0 Å². The Bertz CT molecular complexity index is 659. The van der Waals surface area contributed by atoms with Crippen molar-refractivity contribution in [1.82, 2.24) is 0 Å².